The summed E-state index contributed by atoms with van der Waals surface area (Å²) in [6, 6.07) is 12.0. The van der Waals surface area contributed by atoms with Gasteiger partial charge in [0.25, 0.3) is 0 Å². The van der Waals surface area contributed by atoms with Crippen LogP contribution in [0.1, 0.15) is 37.6 Å². The van der Waals surface area contributed by atoms with Gasteiger partial charge in [-0.3, -0.25) is 19.6 Å². The summed E-state index contributed by atoms with van der Waals surface area (Å²) in [5.74, 6) is -0.902. The minimum absolute atomic E-state index is 0.248. The number of ether oxygens (including phenoxy) is 1. The van der Waals surface area contributed by atoms with Crippen LogP contribution < -0.4 is 15.5 Å². The molecule has 2 N–H and O–H groups in total. The first-order chi connectivity index (χ1) is 16.8. The van der Waals surface area contributed by atoms with Gasteiger partial charge in [0.1, 0.15) is 5.60 Å². The molecule has 36 heavy (non-hydrogen) atoms. The van der Waals surface area contributed by atoms with Gasteiger partial charge < -0.3 is 15.0 Å². The normalized spacial score (nSPS) is 11.1. The molecular weight excluding hydrogens is 482 g/mol. The summed E-state index contributed by atoms with van der Waals surface area (Å²) < 4.78 is 7.04. The van der Waals surface area contributed by atoms with Gasteiger partial charge in [-0.15, -0.1) is 0 Å². The zero-order valence-electron chi connectivity index (χ0n) is 21.2. The molecule has 0 radical (unpaired) electrons. The van der Waals surface area contributed by atoms with Crippen LogP contribution in [-0.4, -0.2) is 47.3 Å². The van der Waals surface area contributed by atoms with E-state index in [1.807, 2.05) is 19.2 Å². The van der Waals surface area contributed by atoms with Crippen LogP contribution in [0.25, 0.3) is 11.3 Å². The van der Waals surface area contributed by atoms with Gasteiger partial charge in [0.15, 0.2) is 5.78 Å². The molecule has 0 saturated heterocycles. The summed E-state index contributed by atoms with van der Waals surface area (Å²) in [7, 11) is 5.41. The number of nitrogens with zero attached hydrogens (tertiary/aromatic N) is 3. The zero-order valence-corrected chi connectivity index (χ0v) is 21.9. The minimum atomic E-state index is -0.708. The fraction of sp³-hybridized carbons (Fsp3) is 0.308. The minimum Gasteiger partial charge on any atom is -0.444 e. The van der Waals surface area contributed by atoms with E-state index in [-0.39, 0.29) is 17.2 Å². The summed E-state index contributed by atoms with van der Waals surface area (Å²) in [6.45, 7) is 5.24. The average Bonchev–Trinajstić information content (AvgIpc) is 3.19. The van der Waals surface area contributed by atoms with Crippen molar-refractivity contribution in [1.29, 1.82) is 0 Å². The van der Waals surface area contributed by atoms with E-state index >= 15 is 0 Å². The van der Waals surface area contributed by atoms with Gasteiger partial charge in [0.05, 0.1) is 34.2 Å². The van der Waals surface area contributed by atoms with Crippen molar-refractivity contribution in [3.8, 4) is 11.3 Å². The lowest BCUT2D eigenvalue weighted by atomic mass is 10.0. The molecule has 0 aliphatic heterocycles. The van der Waals surface area contributed by atoms with E-state index in [1.54, 1.807) is 74.9 Å². The molecule has 2 amide bonds. The fourth-order valence-corrected chi connectivity index (χ4v) is 3.81. The molecule has 10 heteroatoms. The molecule has 3 aromatic rings. The first-order valence-electron chi connectivity index (χ1n) is 11.3. The highest BCUT2D eigenvalue weighted by Gasteiger charge is 2.21. The summed E-state index contributed by atoms with van der Waals surface area (Å²) in [5, 5.41) is 9.86. The van der Waals surface area contributed by atoms with Crippen molar-refractivity contribution in [2.75, 3.05) is 29.6 Å². The second kappa shape index (κ2) is 10.8. The molecule has 1 heterocycles. The molecule has 0 unspecified atom stereocenters. The number of nitrogens with one attached hydrogen (secondary N) is 2. The number of benzene rings is 2. The zero-order chi connectivity index (χ0) is 26.6. The Morgan fingerprint density at radius 2 is 1.75 bits per heavy atom. The van der Waals surface area contributed by atoms with Crippen molar-refractivity contribution < 1.29 is 19.1 Å². The Balaban J connectivity index is 1.79. The van der Waals surface area contributed by atoms with Crippen LogP contribution in [0.3, 0.4) is 0 Å². The summed E-state index contributed by atoms with van der Waals surface area (Å²) in [5.41, 5.74) is 2.52. The Kier molecular flexibility index (Phi) is 8.04. The lowest BCUT2D eigenvalue weighted by molar-refractivity contribution is -0.115. The number of aryl methyl sites for hydroxylation is 1. The maximum Gasteiger partial charge on any atom is 0.412 e. The SMILES string of the molecule is CN(C)c1cc(NC(=O)OC(C)(C)C)c(NC(=O)CC(=O)c2cccc(-c3ccnn3C)c2)cc1Cl. The lowest BCUT2D eigenvalue weighted by Gasteiger charge is -2.22. The van der Waals surface area contributed by atoms with Crippen molar-refractivity contribution in [3.63, 3.8) is 0 Å². The average molecular weight is 512 g/mol. The smallest absolute Gasteiger partial charge is 0.412 e. The highest BCUT2D eigenvalue weighted by atomic mass is 35.5. The number of carbonyl (C=O) groups excluding carboxylic acids is 3. The number of Topliss-reactive ketones (excluding diaryl/α,β-unsaturated/α-hetero) is 1. The van der Waals surface area contributed by atoms with E-state index < -0.39 is 24.0 Å². The molecule has 190 valence electrons. The van der Waals surface area contributed by atoms with E-state index in [2.05, 4.69) is 15.7 Å². The molecule has 2 aromatic carbocycles. The lowest BCUT2D eigenvalue weighted by Crippen LogP contribution is -2.28. The third kappa shape index (κ3) is 6.85. The van der Waals surface area contributed by atoms with Crippen LogP contribution in [0, 0.1) is 0 Å². The number of anilines is 3. The van der Waals surface area contributed by atoms with E-state index in [4.69, 9.17) is 16.3 Å². The van der Waals surface area contributed by atoms with Gasteiger partial charge in [-0.05, 0) is 45.0 Å². The molecule has 0 saturated carbocycles. The molecule has 0 fully saturated rings. The number of carbonyl (C=O) groups is 3. The van der Waals surface area contributed by atoms with Crippen LogP contribution in [0.2, 0.25) is 5.02 Å². The predicted molar refractivity (Wildman–Crippen MR) is 142 cm³/mol. The second-order valence-corrected chi connectivity index (χ2v) is 9.85. The van der Waals surface area contributed by atoms with Gasteiger partial charge in [-0.25, -0.2) is 4.79 Å². The Hall–Kier alpha value is -3.85. The largest absolute Gasteiger partial charge is 0.444 e. The first-order valence-corrected chi connectivity index (χ1v) is 11.6. The van der Waals surface area contributed by atoms with Gasteiger partial charge in [-0.1, -0.05) is 29.8 Å². The molecule has 3 rings (SSSR count). The topological polar surface area (TPSA) is 106 Å². The van der Waals surface area contributed by atoms with Crippen molar-refractivity contribution in [2.24, 2.45) is 7.05 Å². The van der Waals surface area contributed by atoms with Crippen LogP contribution in [-0.2, 0) is 16.6 Å². The van der Waals surface area contributed by atoms with Crippen molar-refractivity contribution >= 4 is 46.4 Å². The summed E-state index contributed by atoms with van der Waals surface area (Å²) in [6.07, 6.45) is 0.591. The van der Waals surface area contributed by atoms with E-state index in [9.17, 15) is 14.4 Å². The summed E-state index contributed by atoms with van der Waals surface area (Å²) in [4.78, 5) is 39.9. The Morgan fingerprint density at radius 3 is 2.36 bits per heavy atom. The molecule has 1 aromatic heterocycles. The maximum absolute atomic E-state index is 12.9. The molecule has 0 spiro atoms. The quantitative estimate of drug-likeness (QED) is 0.326. The van der Waals surface area contributed by atoms with Gasteiger partial charge >= 0.3 is 6.09 Å². The monoisotopic (exact) mass is 511 g/mol. The first kappa shape index (κ1) is 26.7. The highest BCUT2D eigenvalue weighted by Crippen LogP contribution is 2.35. The van der Waals surface area contributed by atoms with Gasteiger partial charge in [-0.2, -0.15) is 5.10 Å². The second-order valence-electron chi connectivity index (χ2n) is 9.44. The molecule has 0 aliphatic rings. The molecule has 0 atom stereocenters. The number of amides is 2. The van der Waals surface area contributed by atoms with Crippen LogP contribution in [0.4, 0.5) is 21.9 Å². The number of hydrogen-bond donors (Lipinski definition) is 2. The van der Waals surface area contributed by atoms with Gasteiger partial charge in [0.2, 0.25) is 5.91 Å². The standard InChI is InChI=1S/C26H30ClN5O4/c1-26(2,3)36-25(35)30-20-14-22(31(4)5)18(27)13-19(20)29-24(34)15-23(33)17-9-7-8-16(12-17)21-10-11-28-32(21)6/h7-14H,15H2,1-6H3,(H,29,34)(H,30,35). The van der Waals surface area contributed by atoms with Crippen molar-refractivity contribution in [3.05, 3.63) is 59.2 Å². The fourth-order valence-electron chi connectivity index (χ4n) is 3.48. The number of ketones is 1. The van der Waals surface area contributed by atoms with Crippen LogP contribution in [0.5, 0.6) is 0 Å². The molecule has 0 bridgehead atoms. The Morgan fingerprint density at radius 1 is 1.06 bits per heavy atom. The summed E-state index contributed by atoms with van der Waals surface area (Å²) >= 11 is 6.39. The van der Waals surface area contributed by atoms with E-state index in [0.717, 1.165) is 11.3 Å². The number of rotatable bonds is 7. The molecule has 9 nitrogen and oxygen atoms in total. The molecule has 0 aliphatic carbocycles. The van der Waals surface area contributed by atoms with Crippen LogP contribution >= 0.6 is 11.6 Å². The van der Waals surface area contributed by atoms with E-state index in [0.29, 0.717) is 16.3 Å². The van der Waals surface area contributed by atoms with E-state index in [1.165, 1.54) is 6.07 Å². The number of halogens is 1. The van der Waals surface area contributed by atoms with Gasteiger partial charge in [0, 0.05) is 38.5 Å². The van der Waals surface area contributed by atoms with Crippen LogP contribution in [0.15, 0.2) is 48.7 Å². The third-order valence-electron chi connectivity index (χ3n) is 5.10. The highest BCUT2D eigenvalue weighted by molar-refractivity contribution is 6.34. The Labute approximate surface area is 215 Å². The predicted octanol–water partition coefficient (Wildman–Crippen LogP) is 5.37. The third-order valence-corrected chi connectivity index (χ3v) is 5.40. The molecular formula is C26H30ClN5O4. The number of aromatic nitrogens is 2. The Bertz CT molecular complexity index is 1290. The van der Waals surface area contributed by atoms with Crippen molar-refractivity contribution in [2.45, 2.75) is 32.8 Å². The van der Waals surface area contributed by atoms with Crippen molar-refractivity contribution in [1.82, 2.24) is 9.78 Å². The maximum atomic E-state index is 12.9. The number of hydrogen-bond acceptors (Lipinski definition) is 6.